The third kappa shape index (κ3) is 5.51. The molecule has 1 N–H and O–H groups in total. The van der Waals surface area contributed by atoms with Crippen molar-refractivity contribution in [1.82, 2.24) is 14.8 Å². The first-order valence-corrected chi connectivity index (χ1v) is 12.2. The Kier molecular flexibility index (Phi) is 7.83. The van der Waals surface area contributed by atoms with Crippen molar-refractivity contribution >= 4 is 34.7 Å². The Morgan fingerprint density at radius 2 is 1.97 bits per heavy atom. The van der Waals surface area contributed by atoms with Gasteiger partial charge < -0.3 is 14.6 Å². The third-order valence-electron chi connectivity index (χ3n) is 4.60. The van der Waals surface area contributed by atoms with E-state index in [-0.39, 0.29) is 6.61 Å². The molecule has 166 valence electrons. The average Bonchev–Trinajstić information content (AvgIpc) is 3.48. The summed E-state index contributed by atoms with van der Waals surface area (Å²) >= 11 is 9.43. The molecule has 9 heteroatoms. The number of aliphatic hydroxyl groups is 1. The Morgan fingerprint density at radius 3 is 2.69 bits per heavy atom. The molecule has 2 heterocycles. The number of ether oxygens (including phenoxy) is 2. The van der Waals surface area contributed by atoms with Crippen molar-refractivity contribution in [2.24, 2.45) is 0 Å². The summed E-state index contributed by atoms with van der Waals surface area (Å²) in [4.78, 5) is 1.13. The Morgan fingerprint density at radius 1 is 1.12 bits per heavy atom. The molecule has 1 unspecified atom stereocenters. The van der Waals surface area contributed by atoms with Crippen molar-refractivity contribution in [3.8, 4) is 22.8 Å². The molecule has 0 amide bonds. The number of nitrogens with zero attached hydrogens (tertiary/aromatic N) is 3. The summed E-state index contributed by atoms with van der Waals surface area (Å²) < 4.78 is 12.8. The first-order chi connectivity index (χ1) is 15.7. The van der Waals surface area contributed by atoms with E-state index < -0.39 is 6.10 Å². The highest BCUT2D eigenvalue weighted by molar-refractivity contribution is 7.99. The lowest BCUT2D eigenvalue weighted by Crippen LogP contribution is -2.18. The van der Waals surface area contributed by atoms with Crippen LogP contribution >= 0.6 is 34.7 Å². The SMILES string of the molecule is COc1ccc(-n2c(SCC(O)COCc3cccs3)nnc2-c2ccccc2)cc1Cl. The van der Waals surface area contributed by atoms with Crippen molar-refractivity contribution in [2.45, 2.75) is 17.9 Å². The number of hydrogen-bond donors (Lipinski definition) is 1. The minimum atomic E-state index is -0.634. The first-order valence-electron chi connectivity index (χ1n) is 9.91. The lowest BCUT2D eigenvalue weighted by Gasteiger charge is -2.14. The lowest BCUT2D eigenvalue weighted by molar-refractivity contribution is 0.0409. The van der Waals surface area contributed by atoms with E-state index in [1.807, 2.05) is 70.6 Å². The summed E-state index contributed by atoms with van der Waals surface area (Å²) in [5, 5.41) is 22.4. The van der Waals surface area contributed by atoms with Gasteiger partial charge in [-0.2, -0.15) is 0 Å². The van der Waals surface area contributed by atoms with Gasteiger partial charge >= 0.3 is 0 Å². The van der Waals surface area contributed by atoms with E-state index in [0.29, 0.717) is 34.1 Å². The minimum absolute atomic E-state index is 0.249. The average molecular weight is 488 g/mol. The molecule has 0 fully saturated rings. The van der Waals surface area contributed by atoms with E-state index in [9.17, 15) is 5.11 Å². The van der Waals surface area contributed by atoms with E-state index in [2.05, 4.69) is 10.2 Å². The van der Waals surface area contributed by atoms with E-state index in [1.54, 1.807) is 18.4 Å². The fraction of sp³-hybridized carbons (Fsp3) is 0.217. The molecule has 0 spiro atoms. The van der Waals surface area contributed by atoms with Gasteiger partial charge in [-0.3, -0.25) is 4.57 Å². The van der Waals surface area contributed by atoms with E-state index in [0.717, 1.165) is 16.1 Å². The molecule has 6 nitrogen and oxygen atoms in total. The molecule has 32 heavy (non-hydrogen) atoms. The van der Waals surface area contributed by atoms with Crippen LogP contribution in [-0.2, 0) is 11.3 Å². The zero-order valence-corrected chi connectivity index (χ0v) is 19.7. The molecule has 0 bridgehead atoms. The lowest BCUT2D eigenvalue weighted by atomic mass is 10.2. The number of benzene rings is 2. The van der Waals surface area contributed by atoms with Gasteiger partial charge in [-0.1, -0.05) is 59.8 Å². The Hall–Kier alpha value is -2.36. The number of hydrogen-bond acceptors (Lipinski definition) is 7. The molecular formula is C23H22ClN3O3S2. The summed E-state index contributed by atoms with van der Waals surface area (Å²) in [6, 6.07) is 19.4. The molecule has 0 aliphatic carbocycles. The molecule has 1 atom stereocenters. The molecule has 0 radical (unpaired) electrons. The summed E-state index contributed by atoms with van der Waals surface area (Å²) in [6.07, 6.45) is -0.634. The zero-order chi connectivity index (χ0) is 22.3. The molecule has 0 saturated carbocycles. The molecule has 2 aromatic heterocycles. The van der Waals surface area contributed by atoms with Crippen LogP contribution in [0.3, 0.4) is 0 Å². The van der Waals surface area contributed by atoms with Gasteiger partial charge in [0, 0.05) is 16.2 Å². The number of aliphatic hydroxyl groups excluding tert-OH is 1. The zero-order valence-electron chi connectivity index (χ0n) is 17.3. The molecule has 0 saturated heterocycles. The number of aromatic nitrogens is 3. The van der Waals surface area contributed by atoms with Crippen LogP contribution in [0.25, 0.3) is 17.1 Å². The topological polar surface area (TPSA) is 69.4 Å². The Labute approximate surface area is 199 Å². The van der Waals surface area contributed by atoms with Crippen molar-refractivity contribution < 1.29 is 14.6 Å². The highest BCUT2D eigenvalue weighted by Crippen LogP contribution is 2.32. The maximum atomic E-state index is 10.4. The van der Waals surface area contributed by atoms with Crippen LogP contribution in [0.2, 0.25) is 5.02 Å². The maximum absolute atomic E-state index is 10.4. The fourth-order valence-electron chi connectivity index (χ4n) is 3.07. The second-order valence-electron chi connectivity index (χ2n) is 6.89. The van der Waals surface area contributed by atoms with Crippen molar-refractivity contribution in [2.75, 3.05) is 19.5 Å². The summed E-state index contributed by atoms with van der Waals surface area (Å²) in [5.74, 6) is 1.70. The van der Waals surface area contributed by atoms with Gasteiger partial charge in [-0.15, -0.1) is 21.5 Å². The monoisotopic (exact) mass is 487 g/mol. The number of methoxy groups -OCH3 is 1. The van der Waals surface area contributed by atoms with Crippen molar-refractivity contribution in [3.05, 3.63) is 75.9 Å². The third-order valence-corrected chi connectivity index (χ3v) is 6.82. The predicted octanol–water partition coefficient (Wildman–Crippen LogP) is 5.33. The smallest absolute Gasteiger partial charge is 0.196 e. The van der Waals surface area contributed by atoms with E-state index in [4.69, 9.17) is 21.1 Å². The maximum Gasteiger partial charge on any atom is 0.196 e. The molecule has 4 rings (SSSR count). The van der Waals surface area contributed by atoms with Crippen LogP contribution in [0.15, 0.2) is 71.2 Å². The van der Waals surface area contributed by atoms with Gasteiger partial charge in [0.2, 0.25) is 0 Å². The quantitative estimate of drug-likeness (QED) is 0.305. The normalized spacial score (nSPS) is 12.1. The second-order valence-corrected chi connectivity index (χ2v) is 9.31. The number of halogens is 1. The Balaban J connectivity index is 1.52. The molecule has 4 aromatic rings. The van der Waals surface area contributed by atoms with E-state index >= 15 is 0 Å². The number of thiophene rings is 1. The molecule has 0 aliphatic heterocycles. The van der Waals surface area contributed by atoms with Crippen LogP contribution in [0.5, 0.6) is 5.75 Å². The molecule has 0 aliphatic rings. The van der Waals surface area contributed by atoms with Gasteiger partial charge in [0.05, 0.1) is 37.1 Å². The van der Waals surface area contributed by atoms with Gasteiger partial charge in [-0.25, -0.2) is 0 Å². The highest BCUT2D eigenvalue weighted by atomic mass is 35.5. The minimum Gasteiger partial charge on any atom is -0.495 e. The number of rotatable bonds is 10. The van der Waals surface area contributed by atoms with Gasteiger partial charge in [0.1, 0.15) is 5.75 Å². The van der Waals surface area contributed by atoms with Crippen molar-refractivity contribution in [1.29, 1.82) is 0 Å². The van der Waals surface area contributed by atoms with Crippen LogP contribution in [0.1, 0.15) is 4.88 Å². The predicted molar refractivity (Wildman–Crippen MR) is 129 cm³/mol. The largest absolute Gasteiger partial charge is 0.495 e. The first kappa shape index (κ1) is 22.8. The molecule has 2 aromatic carbocycles. The van der Waals surface area contributed by atoms with Gasteiger partial charge in [-0.05, 0) is 29.6 Å². The summed E-state index contributed by atoms with van der Waals surface area (Å²) in [7, 11) is 1.58. The Bertz CT molecular complexity index is 1140. The second kappa shape index (κ2) is 11.0. The van der Waals surface area contributed by atoms with Gasteiger partial charge in [0.25, 0.3) is 0 Å². The number of thioether (sulfide) groups is 1. The standard InChI is InChI=1S/C23H22ClN3O3S2/c1-29-21-10-9-17(12-20(21)24)27-22(16-6-3-2-4-7-16)25-26-23(27)32-15-18(28)13-30-14-19-8-5-11-31-19/h2-12,18,28H,13-15H2,1H3. The van der Waals surface area contributed by atoms with Crippen LogP contribution in [0.4, 0.5) is 0 Å². The van der Waals surface area contributed by atoms with Crippen molar-refractivity contribution in [3.63, 3.8) is 0 Å². The van der Waals surface area contributed by atoms with Crippen LogP contribution in [0, 0.1) is 0 Å². The van der Waals surface area contributed by atoms with E-state index in [1.165, 1.54) is 11.8 Å². The highest BCUT2D eigenvalue weighted by Gasteiger charge is 2.18. The fourth-order valence-corrected chi connectivity index (χ4v) is 4.82. The molecular weight excluding hydrogens is 466 g/mol. The summed E-state index contributed by atoms with van der Waals surface area (Å²) in [6.45, 7) is 0.747. The van der Waals surface area contributed by atoms with Gasteiger partial charge in [0.15, 0.2) is 11.0 Å². The summed E-state index contributed by atoms with van der Waals surface area (Å²) in [5.41, 5.74) is 1.74. The van der Waals surface area contributed by atoms with Crippen LogP contribution in [-0.4, -0.2) is 45.4 Å². The van der Waals surface area contributed by atoms with Crippen LogP contribution < -0.4 is 4.74 Å².